The quantitative estimate of drug-likeness (QED) is 0.583. The molecule has 1 aromatic heterocycles. The molecule has 0 N–H and O–H groups in total. The van der Waals surface area contributed by atoms with Crippen molar-refractivity contribution in [2.45, 2.75) is 13.3 Å². The van der Waals surface area contributed by atoms with Gasteiger partial charge >= 0.3 is 0 Å². The fourth-order valence-corrected chi connectivity index (χ4v) is 2.26. The first-order valence-electron chi connectivity index (χ1n) is 5.01. The Labute approximate surface area is 103 Å². The van der Waals surface area contributed by atoms with Crippen molar-refractivity contribution >= 4 is 27.5 Å². The number of hydrogen-bond donors (Lipinski definition) is 0. The van der Waals surface area contributed by atoms with E-state index in [-0.39, 0.29) is 11.8 Å². The van der Waals surface area contributed by atoms with Gasteiger partial charge in [0.25, 0.3) is 0 Å². The number of terminal acetylenes is 1. The van der Waals surface area contributed by atoms with Crippen LogP contribution in [-0.2, 0) is 4.79 Å². The lowest BCUT2D eigenvalue weighted by Crippen LogP contribution is -2.25. The molecule has 16 heavy (non-hydrogen) atoms. The summed E-state index contributed by atoms with van der Waals surface area (Å²) in [4.78, 5) is 17.8. The fourth-order valence-electron chi connectivity index (χ4n) is 1.86. The average Bonchev–Trinajstić information content (AvgIpc) is 2.60. The van der Waals surface area contributed by atoms with Gasteiger partial charge in [0.2, 0.25) is 5.91 Å². The van der Waals surface area contributed by atoms with Gasteiger partial charge in [0.1, 0.15) is 4.60 Å². The first-order valence-corrected chi connectivity index (χ1v) is 5.80. The molecule has 0 saturated carbocycles. The molecule has 1 amide bonds. The molecule has 0 spiro atoms. The van der Waals surface area contributed by atoms with Crippen LogP contribution in [0.5, 0.6) is 0 Å². The number of rotatable bonds is 1. The zero-order valence-electron chi connectivity index (χ0n) is 8.90. The minimum Gasteiger partial charge on any atom is -0.309 e. The maximum Gasteiger partial charge on any atom is 0.228 e. The van der Waals surface area contributed by atoms with E-state index in [1.54, 1.807) is 4.90 Å². The minimum atomic E-state index is 0.0237. The molecule has 1 atom stereocenters. The number of anilines is 1. The van der Waals surface area contributed by atoms with Crippen molar-refractivity contribution in [1.82, 2.24) is 4.98 Å². The fraction of sp³-hybridized carbons (Fsp3) is 0.333. The third kappa shape index (κ3) is 1.96. The van der Waals surface area contributed by atoms with Gasteiger partial charge < -0.3 is 4.90 Å². The zero-order chi connectivity index (χ0) is 11.7. The summed E-state index contributed by atoms with van der Waals surface area (Å²) in [5, 5.41) is 0. The van der Waals surface area contributed by atoms with Gasteiger partial charge in [-0.3, -0.25) is 4.79 Å². The first-order chi connectivity index (χ1) is 7.61. The van der Waals surface area contributed by atoms with Crippen LogP contribution in [0.1, 0.15) is 12.1 Å². The molecule has 0 radical (unpaired) electrons. The summed E-state index contributed by atoms with van der Waals surface area (Å²) in [7, 11) is 0. The highest BCUT2D eigenvalue weighted by molar-refractivity contribution is 9.10. The van der Waals surface area contributed by atoms with Crippen LogP contribution in [-0.4, -0.2) is 17.4 Å². The van der Waals surface area contributed by atoms with Crippen LogP contribution in [0.15, 0.2) is 16.7 Å². The normalized spacial score (nSPS) is 19.9. The van der Waals surface area contributed by atoms with E-state index in [1.807, 2.05) is 19.1 Å². The second-order valence-electron chi connectivity index (χ2n) is 3.81. The SMILES string of the molecule is C#CC1CC(=O)N(c2ccc(Br)nc2C)C1. The summed E-state index contributed by atoms with van der Waals surface area (Å²) in [6.07, 6.45) is 5.78. The molecule has 1 unspecified atom stereocenters. The highest BCUT2D eigenvalue weighted by Gasteiger charge is 2.30. The van der Waals surface area contributed by atoms with E-state index in [0.29, 0.717) is 13.0 Å². The molecule has 1 aliphatic rings. The van der Waals surface area contributed by atoms with Gasteiger partial charge in [0.05, 0.1) is 11.4 Å². The average molecular weight is 279 g/mol. The number of hydrogen-bond acceptors (Lipinski definition) is 2. The molecule has 1 fully saturated rings. The van der Waals surface area contributed by atoms with Gasteiger partial charge in [-0.15, -0.1) is 12.3 Å². The lowest BCUT2D eigenvalue weighted by atomic mass is 10.1. The van der Waals surface area contributed by atoms with Crippen LogP contribution in [0.3, 0.4) is 0 Å². The Morgan fingerprint density at radius 2 is 2.38 bits per heavy atom. The molecular weight excluding hydrogens is 268 g/mol. The molecule has 0 aromatic carbocycles. The summed E-state index contributed by atoms with van der Waals surface area (Å²) in [5.74, 6) is 2.74. The van der Waals surface area contributed by atoms with E-state index in [9.17, 15) is 4.79 Å². The number of carbonyl (C=O) groups excluding carboxylic acids is 1. The van der Waals surface area contributed by atoms with Crippen LogP contribution >= 0.6 is 15.9 Å². The largest absolute Gasteiger partial charge is 0.309 e. The van der Waals surface area contributed by atoms with Crippen molar-refractivity contribution in [2.24, 2.45) is 5.92 Å². The van der Waals surface area contributed by atoms with Crippen molar-refractivity contribution in [3.63, 3.8) is 0 Å². The van der Waals surface area contributed by atoms with Gasteiger partial charge in [0.15, 0.2) is 0 Å². The third-order valence-corrected chi connectivity index (χ3v) is 3.12. The Morgan fingerprint density at radius 1 is 1.62 bits per heavy atom. The van der Waals surface area contributed by atoms with Crippen molar-refractivity contribution in [1.29, 1.82) is 0 Å². The molecule has 0 bridgehead atoms. The molecule has 2 heterocycles. The van der Waals surface area contributed by atoms with Crippen LogP contribution < -0.4 is 4.90 Å². The number of amides is 1. The van der Waals surface area contributed by atoms with Crippen molar-refractivity contribution in [3.05, 3.63) is 22.4 Å². The van der Waals surface area contributed by atoms with E-state index < -0.39 is 0 Å². The molecular formula is C12H11BrN2O. The van der Waals surface area contributed by atoms with Crippen LogP contribution in [0.2, 0.25) is 0 Å². The number of aromatic nitrogens is 1. The molecule has 1 aromatic rings. The Balaban J connectivity index is 2.32. The molecule has 4 heteroatoms. The van der Waals surface area contributed by atoms with Crippen LogP contribution in [0, 0.1) is 25.2 Å². The van der Waals surface area contributed by atoms with Gasteiger partial charge in [-0.25, -0.2) is 4.98 Å². The second kappa shape index (κ2) is 4.26. The van der Waals surface area contributed by atoms with E-state index in [4.69, 9.17) is 6.42 Å². The maximum absolute atomic E-state index is 11.8. The summed E-state index contributed by atoms with van der Waals surface area (Å²) in [6, 6.07) is 3.72. The molecule has 2 rings (SSSR count). The zero-order valence-corrected chi connectivity index (χ0v) is 10.5. The van der Waals surface area contributed by atoms with E-state index in [2.05, 4.69) is 26.8 Å². The van der Waals surface area contributed by atoms with Crippen LogP contribution in [0.4, 0.5) is 5.69 Å². The lowest BCUT2D eigenvalue weighted by molar-refractivity contribution is -0.117. The Bertz CT molecular complexity index is 478. The molecule has 1 saturated heterocycles. The van der Waals surface area contributed by atoms with Crippen molar-refractivity contribution in [2.75, 3.05) is 11.4 Å². The molecule has 82 valence electrons. The Morgan fingerprint density at radius 3 is 2.94 bits per heavy atom. The van der Waals surface area contributed by atoms with E-state index in [0.717, 1.165) is 16.0 Å². The van der Waals surface area contributed by atoms with Crippen molar-refractivity contribution < 1.29 is 4.79 Å². The first kappa shape index (κ1) is 11.2. The number of aryl methyl sites for hydroxylation is 1. The predicted molar refractivity (Wildman–Crippen MR) is 66.0 cm³/mol. The summed E-state index contributed by atoms with van der Waals surface area (Å²) in [5.41, 5.74) is 1.69. The van der Waals surface area contributed by atoms with Gasteiger partial charge in [-0.05, 0) is 35.0 Å². The second-order valence-corrected chi connectivity index (χ2v) is 4.62. The third-order valence-electron chi connectivity index (χ3n) is 2.68. The van der Waals surface area contributed by atoms with Gasteiger partial charge in [-0.1, -0.05) is 0 Å². The van der Waals surface area contributed by atoms with Crippen LogP contribution in [0.25, 0.3) is 0 Å². The number of nitrogens with zero attached hydrogens (tertiary/aromatic N) is 2. The predicted octanol–water partition coefficient (Wildman–Crippen LogP) is 2.14. The Kier molecular flexibility index (Phi) is 2.97. The number of pyridine rings is 1. The van der Waals surface area contributed by atoms with Gasteiger partial charge in [-0.2, -0.15) is 0 Å². The molecule has 3 nitrogen and oxygen atoms in total. The highest BCUT2D eigenvalue weighted by atomic mass is 79.9. The van der Waals surface area contributed by atoms with Crippen molar-refractivity contribution in [3.8, 4) is 12.3 Å². The van der Waals surface area contributed by atoms with E-state index >= 15 is 0 Å². The van der Waals surface area contributed by atoms with Gasteiger partial charge in [0, 0.05) is 18.9 Å². The highest BCUT2D eigenvalue weighted by Crippen LogP contribution is 2.27. The number of halogens is 1. The summed E-state index contributed by atoms with van der Waals surface area (Å²) >= 11 is 3.30. The topological polar surface area (TPSA) is 33.2 Å². The molecule has 0 aliphatic carbocycles. The molecule has 1 aliphatic heterocycles. The number of carbonyl (C=O) groups is 1. The summed E-state index contributed by atoms with van der Waals surface area (Å²) < 4.78 is 0.772. The smallest absolute Gasteiger partial charge is 0.228 e. The standard InChI is InChI=1S/C12H11BrN2O/c1-3-9-6-12(16)15(7-9)10-4-5-11(13)14-8(10)2/h1,4-5,9H,6-7H2,2H3. The summed E-state index contributed by atoms with van der Waals surface area (Å²) in [6.45, 7) is 2.48. The lowest BCUT2D eigenvalue weighted by Gasteiger charge is -2.17. The van der Waals surface area contributed by atoms with E-state index in [1.165, 1.54) is 0 Å². The minimum absolute atomic E-state index is 0.0237. The maximum atomic E-state index is 11.8. The Hall–Kier alpha value is -1.34. The monoisotopic (exact) mass is 278 g/mol.